The molecule has 2 aromatic rings. The molecule has 19 heavy (non-hydrogen) atoms. The average Bonchev–Trinajstić information content (AvgIpc) is 2.72. The Hall–Kier alpha value is -1.56. The lowest BCUT2D eigenvalue weighted by Gasteiger charge is -2.12. The lowest BCUT2D eigenvalue weighted by molar-refractivity contribution is -0.137. The second kappa shape index (κ2) is 5.21. The first kappa shape index (κ1) is 13.9. The summed E-state index contributed by atoms with van der Waals surface area (Å²) < 4.78 is 37.9. The third kappa shape index (κ3) is 3.47. The van der Waals surface area contributed by atoms with Crippen LogP contribution in [0.1, 0.15) is 21.8 Å². The van der Waals surface area contributed by atoms with Gasteiger partial charge in [-0.2, -0.15) is 13.2 Å². The number of hydrogen-bond donors (Lipinski definition) is 1. The Balaban J connectivity index is 2.15. The van der Waals surface area contributed by atoms with Crippen LogP contribution >= 0.6 is 11.3 Å². The third-order valence-corrected chi connectivity index (χ3v) is 3.51. The number of nitrogens with one attached hydrogen (secondary N) is 1. The SMILES string of the molecule is Cc1nc(CNc2cc(C(F)(F)F)ccc2C)cs1. The normalized spacial score (nSPS) is 11.6. The molecule has 0 radical (unpaired) electrons. The van der Waals surface area contributed by atoms with Gasteiger partial charge in [0.2, 0.25) is 0 Å². The standard InChI is InChI=1S/C13H13F3N2S/c1-8-3-4-10(13(14,15)16)5-12(8)17-6-11-7-19-9(2)18-11/h3-5,7,17H,6H2,1-2H3. The van der Waals surface area contributed by atoms with Gasteiger partial charge in [-0.1, -0.05) is 6.07 Å². The molecule has 0 saturated carbocycles. The molecule has 0 bridgehead atoms. The molecule has 6 heteroatoms. The average molecular weight is 286 g/mol. The van der Waals surface area contributed by atoms with Crippen molar-refractivity contribution < 1.29 is 13.2 Å². The summed E-state index contributed by atoms with van der Waals surface area (Å²) in [6.07, 6.45) is -4.32. The molecule has 2 rings (SSSR count). The number of halogens is 3. The molecule has 0 atom stereocenters. The van der Waals surface area contributed by atoms with Crippen molar-refractivity contribution in [2.75, 3.05) is 5.32 Å². The molecule has 1 aromatic carbocycles. The monoisotopic (exact) mass is 286 g/mol. The molecule has 2 nitrogen and oxygen atoms in total. The first-order valence-corrected chi connectivity index (χ1v) is 6.57. The number of thiazole rings is 1. The first-order valence-electron chi connectivity index (χ1n) is 5.69. The zero-order valence-electron chi connectivity index (χ0n) is 10.5. The van der Waals surface area contributed by atoms with Crippen molar-refractivity contribution in [1.82, 2.24) is 4.98 Å². The Kier molecular flexibility index (Phi) is 3.80. The van der Waals surface area contributed by atoms with Gasteiger partial charge in [-0.3, -0.25) is 0 Å². The van der Waals surface area contributed by atoms with Gasteiger partial charge in [0.15, 0.2) is 0 Å². The minimum Gasteiger partial charge on any atom is -0.379 e. The van der Waals surface area contributed by atoms with E-state index in [4.69, 9.17) is 0 Å². The van der Waals surface area contributed by atoms with Gasteiger partial charge in [-0.15, -0.1) is 11.3 Å². The zero-order valence-corrected chi connectivity index (χ0v) is 11.3. The van der Waals surface area contributed by atoms with E-state index in [2.05, 4.69) is 10.3 Å². The molecule has 0 aliphatic rings. The summed E-state index contributed by atoms with van der Waals surface area (Å²) in [5.41, 5.74) is 1.45. The Morgan fingerprint density at radius 3 is 2.58 bits per heavy atom. The maximum absolute atomic E-state index is 12.6. The van der Waals surface area contributed by atoms with E-state index in [0.29, 0.717) is 12.2 Å². The molecule has 1 N–H and O–H groups in total. The first-order chi connectivity index (χ1) is 8.86. The Bertz CT molecular complexity index is 576. The zero-order chi connectivity index (χ0) is 14.0. The van der Waals surface area contributed by atoms with Gasteiger partial charge < -0.3 is 5.32 Å². The van der Waals surface area contributed by atoms with E-state index >= 15 is 0 Å². The maximum atomic E-state index is 12.6. The molecule has 102 valence electrons. The van der Waals surface area contributed by atoms with Crippen molar-refractivity contribution in [3.8, 4) is 0 Å². The van der Waals surface area contributed by atoms with Crippen molar-refractivity contribution in [2.24, 2.45) is 0 Å². The fourth-order valence-corrected chi connectivity index (χ4v) is 2.28. The van der Waals surface area contributed by atoms with Crippen LogP contribution in [0.2, 0.25) is 0 Å². The number of hydrogen-bond acceptors (Lipinski definition) is 3. The number of aryl methyl sites for hydroxylation is 2. The second-order valence-electron chi connectivity index (χ2n) is 4.24. The van der Waals surface area contributed by atoms with Crippen LogP contribution in [-0.4, -0.2) is 4.98 Å². The van der Waals surface area contributed by atoms with Crippen LogP contribution in [0.25, 0.3) is 0 Å². The van der Waals surface area contributed by atoms with Crippen LogP contribution < -0.4 is 5.32 Å². The minimum absolute atomic E-state index is 0.423. The van der Waals surface area contributed by atoms with E-state index < -0.39 is 11.7 Å². The van der Waals surface area contributed by atoms with E-state index in [-0.39, 0.29) is 0 Å². The highest BCUT2D eigenvalue weighted by atomic mass is 32.1. The molecule has 0 unspecified atom stereocenters. The van der Waals surface area contributed by atoms with Crippen LogP contribution in [0.15, 0.2) is 23.6 Å². The second-order valence-corrected chi connectivity index (χ2v) is 5.30. The third-order valence-electron chi connectivity index (χ3n) is 2.69. The van der Waals surface area contributed by atoms with E-state index in [1.165, 1.54) is 17.4 Å². The number of nitrogens with zero attached hydrogens (tertiary/aromatic N) is 1. The fourth-order valence-electron chi connectivity index (χ4n) is 1.66. The number of alkyl halides is 3. The topological polar surface area (TPSA) is 24.9 Å². The minimum atomic E-state index is -4.32. The summed E-state index contributed by atoms with van der Waals surface area (Å²) in [7, 11) is 0. The number of benzene rings is 1. The summed E-state index contributed by atoms with van der Waals surface area (Å²) in [6, 6.07) is 3.69. The molecule has 1 heterocycles. The fraction of sp³-hybridized carbons (Fsp3) is 0.308. The van der Waals surface area contributed by atoms with E-state index in [0.717, 1.165) is 28.4 Å². The maximum Gasteiger partial charge on any atom is 0.416 e. The van der Waals surface area contributed by atoms with Crippen LogP contribution in [-0.2, 0) is 12.7 Å². The van der Waals surface area contributed by atoms with Gasteiger partial charge in [0.05, 0.1) is 22.8 Å². The van der Waals surface area contributed by atoms with Gasteiger partial charge in [0.25, 0.3) is 0 Å². The predicted molar refractivity (Wildman–Crippen MR) is 70.4 cm³/mol. The predicted octanol–water partition coefficient (Wildman–Crippen LogP) is 4.39. The molecular formula is C13H13F3N2S. The Morgan fingerprint density at radius 1 is 1.26 bits per heavy atom. The van der Waals surface area contributed by atoms with Crippen molar-refractivity contribution in [3.05, 3.63) is 45.4 Å². The molecule has 1 aromatic heterocycles. The molecule has 0 spiro atoms. The van der Waals surface area contributed by atoms with Crippen LogP contribution in [0.3, 0.4) is 0 Å². The van der Waals surface area contributed by atoms with E-state index in [9.17, 15) is 13.2 Å². The Morgan fingerprint density at radius 2 is 2.00 bits per heavy atom. The van der Waals surface area contributed by atoms with Gasteiger partial charge in [0, 0.05) is 11.1 Å². The number of anilines is 1. The smallest absolute Gasteiger partial charge is 0.379 e. The largest absolute Gasteiger partial charge is 0.416 e. The molecule has 0 fully saturated rings. The van der Waals surface area contributed by atoms with Crippen molar-refractivity contribution >= 4 is 17.0 Å². The Labute approximate surface area is 113 Å². The summed E-state index contributed by atoms with van der Waals surface area (Å²) in [5, 5.41) is 5.84. The molecule has 0 amide bonds. The van der Waals surface area contributed by atoms with E-state index in [1.54, 1.807) is 6.92 Å². The summed E-state index contributed by atoms with van der Waals surface area (Å²) >= 11 is 1.52. The van der Waals surface area contributed by atoms with Crippen molar-refractivity contribution in [3.63, 3.8) is 0 Å². The van der Waals surface area contributed by atoms with Gasteiger partial charge in [-0.25, -0.2) is 4.98 Å². The van der Waals surface area contributed by atoms with Gasteiger partial charge in [0.1, 0.15) is 0 Å². The quantitative estimate of drug-likeness (QED) is 0.905. The lowest BCUT2D eigenvalue weighted by Crippen LogP contribution is -2.07. The highest BCUT2D eigenvalue weighted by Gasteiger charge is 2.30. The molecule has 0 aliphatic carbocycles. The van der Waals surface area contributed by atoms with Crippen molar-refractivity contribution in [2.45, 2.75) is 26.6 Å². The summed E-state index contributed by atoms with van der Waals surface area (Å²) in [5.74, 6) is 0. The summed E-state index contributed by atoms with van der Waals surface area (Å²) in [6.45, 7) is 4.09. The molecular weight excluding hydrogens is 273 g/mol. The van der Waals surface area contributed by atoms with Crippen LogP contribution in [0.5, 0.6) is 0 Å². The lowest BCUT2D eigenvalue weighted by atomic mass is 10.1. The highest BCUT2D eigenvalue weighted by Crippen LogP contribution is 2.32. The number of rotatable bonds is 3. The van der Waals surface area contributed by atoms with Crippen LogP contribution in [0.4, 0.5) is 18.9 Å². The van der Waals surface area contributed by atoms with Crippen LogP contribution in [0, 0.1) is 13.8 Å². The molecule has 0 aliphatic heterocycles. The van der Waals surface area contributed by atoms with Gasteiger partial charge >= 0.3 is 6.18 Å². The number of aromatic nitrogens is 1. The van der Waals surface area contributed by atoms with Crippen molar-refractivity contribution in [1.29, 1.82) is 0 Å². The summed E-state index contributed by atoms with van der Waals surface area (Å²) in [4.78, 5) is 4.26. The van der Waals surface area contributed by atoms with Gasteiger partial charge in [-0.05, 0) is 31.5 Å². The van der Waals surface area contributed by atoms with E-state index in [1.807, 2.05) is 12.3 Å². The highest BCUT2D eigenvalue weighted by molar-refractivity contribution is 7.09. The molecule has 0 saturated heterocycles.